The minimum atomic E-state index is -0.493. The third-order valence-corrected chi connectivity index (χ3v) is 6.56. The minimum Gasteiger partial charge on any atom is -0.321 e. The molecular formula is C30H19FN8O. The molecule has 0 radical (unpaired) electrons. The molecule has 9 nitrogen and oxygen atoms in total. The first-order valence-electron chi connectivity index (χ1n) is 12.4. The van der Waals surface area contributed by atoms with Gasteiger partial charge < -0.3 is 10.3 Å². The van der Waals surface area contributed by atoms with Gasteiger partial charge in [-0.05, 0) is 48.5 Å². The predicted octanol–water partition coefficient (Wildman–Crippen LogP) is 6.02. The van der Waals surface area contributed by atoms with E-state index < -0.39 is 5.82 Å². The van der Waals surface area contributed by atoms with Crippen LogP contribution in [0.1, 0.15) is 10.4 Å². The van der Waals surface area contributed by atoms with Crippen LogP contribution in [0.2, 0.25) is 0 Å². The van der Waals surface area contributed by atoms with Crippen LogP contribution in [-0.2, 0) is 0 Å². The van der Waals surface area contributed by atoms with Crippen LogP contribution < -0.4 is 5.32 Å². The summed E-state index contributed by atoms with van der Waals surface area (Å²) in [6, 6.07) is 21.4. The summed E-state index contributed by atoms with van der Waals surface area (Å²) < 4.78 is 16.2. The van der Waals surface area contributed by atoms with Gasteiger partial charge in [-0.15, -0.1) is 0 Å². The Morgan fingerprint density at radius 1 is 0.875 bits per heavy atom. The van der Waals surface area contributed by atoms with Crippen molar-refractivity contribution in [2.45, 2.75) is 0 Å². The average molecular weight is 527 g/mol. The first-order valence-corrected chi connectivity index (χ1v) is 12.4. The zero-order chi connectivity index (χ0) is 27.1. The van der Waals surface area contributed by atoms with Crippen LogP contribution in [0.3, 0.4) is 0 Å². The lowest BCUT2D eigenvalue weighted by molar-refractivity contribution is 0.102. The highest BCUT2D eigenvalue weighted by Crippen LogP contribution is 2.35. The van der Waals surface area contributed by atoms with Crippen molar-refractivity contribution in [3.05, 3.63) is 109 Å². The molecule has 2 aromatic carbocycles. The van der Waals surface area contributed by atoms with E-state index in [4.69, 9.17) is 4.98 Å². The Balaban J connectivity index is 1.29. The van der Waals surface area contributed by atoms with Gasteiger partial charge in [0.1, 0.15) is 17.0 Å². The molecule has 0 saturated carbocycles. The molecular weight excluding hydrogens is 507 g/mol. The number of amides is 1. The number of halogens is 1. The number of anilines is 1. The number of carbonyl (C=O) groups excluding carboxylic acids is 1. The van der Waals surface area contributed by atoms with Gasteiger partial charge in [0.05, 0.1) is 28.5 Å². The summed E-state index contributed by atoms with van der Waals surface area (Å²) in [7, 11) is 0. The van der Waals surface area contributed by atoms with Crippen molar-refractivity contribution in [3.8, 4) is 33.9 Å². The molecule has 0 fully saturated rings. The van der Waals surface area contributed by atoms with Crippen LogP contribution in [-0.4, -0.2) is 41.0 Å². The van der Waals surface area contributed by atoms with Crippen molar-refractivity contribution in [1.29, 1.82) is 0 Å². The molecule has 0 spiro atoms. The summed E-state index contributed by atoms with van der Waals surface area (Å²) in [4.78, 5) is 33.6. The number of carbonyl (C=O) groups is 1. The predicted molar refractivity (Wildman–Crippen MR) is 150 cm³/mol. The fraction of sp³-hybridized carbons (Fsp3) is 0. The number of hydrogen-bond donors (Lipinski definition) is 3. The Kier molecular flexibility index (Phi) is 5.56. The van der Waals surface area contributed by atoms with Crippen LogP contribution >= 0.6 is 0 Å². The lowest BCUT2D eigenvalue weighted by Crippen LogP contribution is -2.11. The topological polar surface area (TPSA) is 125 Å². The number of pyridine rings is 3. The van der Waals surface area contributed by atoms with Crippen LogP contribution in [0.25, 0.3) is 56.0 Å². The Labute approximate surface area is 226 Å². The molecule has 7 rings (SSSR count). The third kappa shape index (κ3) is 4.04. The highest BCUT2D eigenvalue weighted by molar-refractivity contribution is 6.04. The second kappa shape index (κ2) is 9.52. The molecule has 1 amide bonds. The number of aromatic amines is 2. The van der Waals surface area contributed by atoms with Crippen LogP contribution in [0.5, 0.6) is 0 Å². The van der Waals surface area contributed by atoms with Gasteiger partial charge in [0, 0.05) is 40.8 Å². The number of fused-ring (bicyclic) bond motifs is 2. The SMILES string of the molecule is O=C(Nc1cncc(-c2ccc3[nH]nc(-c4nc5c(-c6ccccn6)ccnc5[nH]4)c3c2F)c1)c1ccccc1. The summed E-state index contributed by atoms with van der Waals surface area (Å²) >= 11 is 0. The van der Waals surface area contributed by atoms with E-state index >= 15 is 4.39 Å². The Morgan fingerprint density at radius 2 is 1.75 bits per heavy atom. The third-order valence-electron chi connectivity index (χ3n) is 6.56. The monoisotopic (exact) mass is 526 g/mol. The molecule has 0 aliphatic rings. The molecule has 0 unspecified atom stereocenters. The normalized spacial score (nSPS) is 11.2. The number of rotatable bonds is 5. The molecule has 0 bridgehead atoms. The molecule has 0 aliphatic carbocycles. The van der Waals surface area contributed by atoms with E-state index in [9.17, 15) is 4.79 Å². The Hall–Kier alpha value is -5.77. The largest absolute Gasteiger partial charge is 0.321 e. The second-order valence-electron chi connectivity index (χ2n) is 9.06. The van der Waals surface area contributed by atoms with Gasteiger partial charge in [0.2, 0.25) is 0 Å². The van der Waals surface area contributed by atoms with Gasteiger partial charge in [-0.25, -0.2) is 14.4 Å². The van der Waals surface area contributed by atoms with E-state index in [0.717, 1.165) is 11.3 Å². The maximum Gasteiger partial charge on any atom is 0.255 e. The fourth-order valence-electron chi connectivity index (χ4n) is 4.67. The molecule has 3 N–H and O–H groups in total. The number of nitrogens with one attached hydrogen (secondary N) is 3. The van der Waals surface area contributed by atoms with Gasteiger partial charge >= 0.3 is 0 Å². The standard InChI is InChI=1S/C30H19FN8O/c31-25-20(18-14-19(16-32-15-18)35-30(40)17-6-2-1-3-7-17)9-10-23-24(25)27(39-38-23)29-36-26-21(11-13-34-28(26)37-29)22-8-4-5-12-33-22/h1-16H,(H,35,40)(H,38,39)(H,34,36,37). The van der Waals surface area contributed by atoms with E-state index in [-0.39, 0.29) is 11.3 Å². The summed E-state index contributed by atoms with van der Waals surface area (Å²) in [5.74, 6) is -0.403. The minimum absolute atomic E-state index is 0.273. The molecule has 7 aromatic rings. The van der Waals surface area contributed by atoms with E-state index in [1.165, 1.54) is 6.20 Å². The quantitative estimate of drug-likeness (QED) is 0.252. The summed E-state index contributed by atoms with van der Waals surface area (Å²) in [6.07, 6.45) is 6.45. The molecule has 0 aliphatic heterocycles. The van der Waals surface area contributed by atoms with Crippen molar-refractivity contribution in [2.24, 2.45) is 0 Å². The molecule has 5 aromatic heterocycles. The van der Waals surface area contributed by atoms with Gasteiger partial charge in [-0.2, -0.15) is 5.10 Å². The van der Waals surface area contributed by atoms with Crippen LogP contribution in [0.4, 0.5) is 10.1 Å². The highest BCUT2D eigenvalue weighted by atomic mass is 19.1. The Morgan fingerprint density at radius 3 is 2.60 bits per heavy atom. The Bertz CT molecular complexity index is 2020. The molecule has 192 valence electrons. The number of hydrogen-bond acceptors (Lipinski definition) is 6. The van der Waals surface area contributed by atoms with E-state index in [1.54, 1.807) is 61.1 Å². The smallest absolute Gasteiger partial charge is 0.255 e. The van der Waals surface area contributed by atoms with Gasteiger partial charge in [-0.1, -0.05) is 24.3 Å². The van der Waals surface area contributed by atoms with E-state index in [1.807, 2.05) is 30.3 Å². The van der Waals surface area contributed by atoms with Gasteiger partial charge in [0.25, 0.3) is 5.91 Å². The maximum absolute atomic E-state index is 16.2. The van der Waals surface area contributed by atoms with Crippen molar-refractivity contribution in [3.63, 3.8) is 0 Å². The summed E-state index contributed by atoms with van der Waals surface area (Å²) in [5, 5.41) is 10.4. The van der Waals surface area contributed by atoms with Crippen molar-refractivity contribution < 1.29 is 9.18 Å². The first kappa shape index (κ1) is 23.4. The molecule has 10 heteroatoms. The number of benzene rings is 2. The molecule has 40 heavy (non-hydrogen) atoms. The van der Waals surface area contributed by atoms with Crippen LogP contribution in [0.15, 0.2) is 97.6 Å². The summed E-state index contributed by atoms with van der Waals surface area (Å²) in [6.45, 7) is 0. The first-order chi connectivity index (χ1) is 19.7. The fourth-order valence-corrected chi connectivity index (χ4v) is 4.67. The van der Waals surface area contributed by atoms with Crippen molar-refractivity contribution in [2.75, 3.05) is 5.32 Å². The van der Waals surface area contributed by atoms with Gasteiger partial charge in [0.15, 0.2) is 11.5 Å². The number of imidazole rings is 1. The molecule has 0 saturated heterocycles. The number of aromatic nitrogens is 7. The molecule has 0 atom stereocenters. The summed E-state index contributed by atoms with van der Waals surface area (Å²) in [5.41, 5.74) is 5.29. The highest BCUT2D eigenvalue weighted by Gasteiger charge is 2.21. The van der Waals surface area contributed by atoms with Crippen molar-refractivity contribution >= 4 is 33.7 Å². The van der Waals surface area contributed by atoms with Gasteiger partial charge in [-0.3, -0.25) is 19.9 Å². The number of nitrogens with zero attached hydrogens (tertiary/aromatic N) is 5. The van der Waals surface area contributed by atoms with E-state index in [2.05, 4.69) is 35.5 Å². The second-order valence-corrected chi connectivity index (χ2v) is 9.06. The lowest BCUT2D eigenvalue weighted by atomic mass is 10.0. The van der Waals surface area contributed by atoms with E-state index in [0.29, 0.717) is 50.6 Å². The molecule has 5 heterocycles. The zero-order valence-corrected chi connectivity index (χ0v) is 20.8. The number of H-pyrrole nitrogens is 2. The van der Waals surface area contributed by atoms with Crippen molar-refractivity contribution in [1.82, 2.24) is 35.1 Å². The lowest BCUT2D eigenvalue weighted by Gasteiger charge is -2.09. The van der Waals surface area contributed by atoms with Crippen LogP contribution in [0, 0.1) is 5.82 Å². The average Bonchev–Trinajstić information content (AvgIpc) is 3.63. The maximum atomic E-state index is 16.2. The zero-order valence-electron chi connectivity index (χ0n) is 20.8.